The summed E-state index contributed by atoms with van der Waals surface area (Å²) < 4.78 is 5.67. The Bertz CT molecular complexity index is 1130. The number of hydrogen-bond acceptors (Lipinski definition) is 8. The van der Waals surface area contributed by atoms with Crippen LogP contribution in [0.2, 0.25) is 10.0 Å². The van der Waals surface area contributed by atoms with Gasteiger partial charge in [0, 0.05) is 17.2 Å². The van der Waals surface area contributed by atoms with Crippen LogP contribution in [0.15, 0.2) is 42.5 Å². The van der Waals surface area contributed by atoms with Gasteiger partial charge in [-0.1, -0.05) is 46.7 Å². The lowest BCUT2D eigenvalue weighted by Gasteiger charge is -2.20. The van der Waals surface area contributed by atoms with E-state index in [4.69, 9.17) is 27.9 Å². The summed E-state index contributed by atoms with van der Waals surface area (Å²) in [5, 5.41) is 20.7. The van der Waals surface area contributed by atoms with Crippen LogP contribution in [-0.4, -0.2) is 26.8 Å². The highest BCUT2D eigenvalue weighted by molar-refractivity contribution is 8.00. The van der Waals surface area contributed by atoms with E-state index >= 15 is 0 Å². The second-order valence-corrected chi connectivity index (χ2v) is 9.07. The van der Waals surface area contributed by atoms with Crippen LogP contribution in [0.25, 0.3) is 0 Å². The number of halogens is 2. The minimum atomic E-state index is -0.461. The topological polar surface area (TPSA) is 98.5 Å². The number of thioether (sulfide) groups is 1. The van der Waals surface area contributed by atoms with Crippen molar-refractivity contribution in [2.75, 3.05) is 10.7 Å². The first-order valence-electron chi connectivity index (χ1n) is 8.50. The number of rotatable bonds is 6. The number of hydrogen-bond donors (Lipinski definition) is 0. The molecule has 4 rings (SSSR count). The number of nitro benzene ring substituents is 1. The van der Waals surface area contributed by atoms with Crippen LogP contribution >= 0.6 is 46.3 Å². The molecular formula is C18H12Cl2N4O4S2. The van der Waals surface area contributed by atoms with Gasteiger partial charge in [0.2, 0.25) is 11.0 Å². The number of nitro groups is 1. The Labute approximate surface area is 188 Å². The molecule has 1 unspecified atom stereocenters. The van der Waals surface area contributed by atoms with Crippen LogP contribution in [0.5, 0.6) is 5.75 Å². The molecule has 1 atom stereocenters. The lowest BCUT2D eigenvalue weighted by molar-refractivity contribution is -0.384. The van der Waals surface area contributed by atoms with E-state index in [9.17, 15) is 14.9 Å². The van der Waals surface area contributed by atoms with E-state index in [0.717, 1.165) is 0 Å². The second kappa shape index (κ2) is 8.76. The number of ether oxygens (including phenoxy) is 1. The van der Waals surface area contributed by atoms with E-state index in [2.05, 4.69) is 10.2 Å². The molecule has 1 fully saturated rings. The van der Waals surface area contributed by atoms with E-state index in [-0.39, 0.29) is 24.0 Å². The molecule has 2 heterocycles. The molecule has 0 N–H and O–H groups in total. The molecule has 0 aliphatic carbocycles. The van der Waals surface area contributed by atoms with E-state index in [1.54, 1.807) is 30.3 Å². The third kappa shape index (κ3) is 4.36. The van der Waals surface area contributed by atoms with Crippen molar-refractivity contribution in [3.8, 4) is 5.75 Å². The molecule has 1 saturated heterocycles. The van der Waals surface area contributed by atoms with Crippen molar-refractivity contribution >= 4 is 63.0 Å². The monoisotopic (exact) mass is 482 g/mol. The predicted octanol–water partition coefficient (Wildman–Crippen LogP) is 5.11. The summed E-state index contributed by atoms with van der Waals surface area (Å²) in [7, 11) is 0. The van der Waals surface area contributed by atoms with Gasteiger partial charge >= 0.3 is 0 Å². The van der Waals surface area contributed by atoms with Crippen molar-refractivity contribution in [2.24, 2.45) is 0 Å². The lowest BCUT2D eigenvalue weighted by Crippen LogP contribution is -2.27. The first kappa shape index (κ1) is 20.9. The highest BCUT2D eigenvalue weighted by atomic mass is 35.5. The van der Waals surface area contributed by atoms with Gasteiger partial charge in [-0.3, -0.25) is 19.8 Å². The number of anilines is 1. The van der Waals surface area contributed by atoms with Gasteiger partial charge in [0.1, 0.15) is 17.7 Å². The minimum absolute atomic E-state index is 0.0291. The maximum Gasteiger partial charge on any atom is 0.269 e. The molecule has 0 bridgehead atoms. The molecule has 154 valence electrons. The number of carbonyl (C=O) groups is 1. The summed E-state index contributed by atoms with van der Waals surface area (Å²) in [5.74, 6) is 0.569. The molecule has 2 aromatic carbocycles. The summed E-state index contributed by atoms with van der Waals surface area (Å²) in [4.78, 5) is 24.6. The molecule has 1 aliphatic rings. The predicted molar refractivity (Wildman–Crippen MR) is 116 cm³/mol. The van der Waals surface area contributed by atoms with E-state index < -0.39 is 10.3 Å². The van der Waals surface area contributed by atoms with Gasteiger partial charge in [-0.25, -0.2) is 0 Å². The Kier molecular flexibility index (Phi) is 6.09. The third-order valence-electron chi connectivity index (χ3n) is 4.14. The standard InChI is InChI=1S/C18H12Cl2N4O4S2/c19-11-4-5-14(13(20)7-11)28-8-15-21-22-18(30-15)23-16(25)9-29-17(23)10-2-1-3-12(6-10)24(26)27/h1-7,17H,8-9H2. The highest BCUT2D eigenvalue weighted by Gasteiger charge is 2.36. The molecular weight excluding hydrogens is 471 g/mol. The lowest BCUT2D eigenvalue weighted by atomic mass is 10.2. The maximum absolute atomic E-state index is 12.5. The van der Waals surface area contributed by atoms with Crippen LogP contribution in [-0.2, 0) is 11.4 Å². The van der Waals surface area contributed by atoms with Crippen LogP contribution < -0.4 is 9.64 Å². The van der Waals surface area contributed by atoms with Gasteiger partial charge in [0.15, 0.2) is 5.01 Å². The van der Waals surface area contributed by atoms with Gasteiger partial charge in [0.05, 0.1) is 15.7 Å². The number of nitrogens with zero attached hydrogens (tertiary/aromatic N) is 4. The minimum Gasteiger partial charge on any atom is -0.485 e. The number of amides is 1. The zero-order valence-electron chi connectivity index (χ0n) is 15.0. The highest BCUT2D eigenvalue weighted by Crippen LogP contribution is 2.43. The first-order valence-corrected chi connectivity index (χ1v) is 11.1. The number of non-ortho nitro benzene ring substituents is 1. The molecule has 3 aromatic rings. The third-order valence-corrected chi connectivity index (χ3v) is 6.78. The maximum atomic E-state index is 12.5. The number of carbonyl (C=O) groups excluding carboxylic acids is 1. The average Bonchev–Trinajstić information content (AvgIpc) is 3.33. The fourth-order valence-electron chi connectivity index (χ4n) is 2.80. The smallest absolute Gasteiger partial charge is 0.269 e. The Balaban J connectivity index is 1.53. The molecule has 1 aliphatic heterocycles. The van der Waals surface area contributed by atoms with Crippen LogP contribution in [0.3, 0.4) is 0 Å². The second-order valence-electron chi connectivity index (χ2n) is 6.12. The van der Waals surface area contributed by atoms with Gasteiger partial charge in [0.25, 0.3) is 5.69 Å². The average molecular weight is 483 g/mol. The summed E-state index contributed by atoms with van der Waals surface area (Å²) in [5.41, 5.74) is 0.625. The van der Waals surface area contributed by atoms with Gasteiger partial charge in [-0.15, -0.1) is 22.0 Å². The van der Waals surface area contributed by atoms with E-state index in [1.807, 2.05) is 0 Å². The van der Waals surface area contributed by atoms with Gasteiger partial charge in [-0.05, 0) is 23.8 Å². The zero-order chi connectivity index (χ0) is 21.3. The molecule has 8 nitrogen and oxygen atoms in total. The largest absolute Gasteiger partial charge is 0.485 e. The molecule has 1 aromatic heterocycles. The summed E-state index contributed by atoms with van der Waals surface area (Å²) in [6, 6.07) is 11.1. The Hall–Kier alpha value is -2.40. The molecule has 30 heavy (non-hydrogen) atoms. The van der Waals surface area contributed by atoms with Crippen molar-refractivity contribution in [1.82, 2.24) is 10.2 Å². The molecule has 12 heteroatoms. The molecule has 0 spiro atoms. The normalized spacial score (nSPS) is 16.1. The van der Waals surface area contributed by atoms with Gasteiger partial charge in [-0.2, -0.15) is 0 Å². The Morgan fingerprint density at radius 3 is 2.83 bits per heavy atom. The fraction of sp³-hybridized carbons (Fsp3) is 0.167. The molecule has 0 saturated carbocycles. The molecule has 1 amide bonds. The van der Waals surface area contributed by atoms with Crippen LogP contribution in [0.1, 0.15) is 15.9 Å². The van der Waals surface area contributed by atoms with Crippen molar-refractivity contribution in [2.45, 2.75) is 12.0 Å². The van der Waals surface area contributed by atoms with Crippen molar-refractivity contribution in [3.63, 3.8) is 0 Å². The zero-order valence-corrected chi connectivity index (χ0v) is 18.2. The number of benzene rings is 2. The molecule has 0 radical (unpaired) electrons. The summed E-state index contributed by atoms with van der Waals surface area (Å²) >= 11 is 14.6. The fourth-order valence-corrected chi connectivity index (χ4v) is 5.27. The van der Waals surface area contributed by atoms with Gasteiger partial charge < -0.3 is 4.74 Å². The summed E-state index contributed by atoms with van der Waals surface area (Å²) in [6.07, 6.45) is 0. The Morgan fingerprint density at radius 2 is 2.07 bits per heavy atom. The van der Waals surface area contributed by atoms with E-state index in [0.29, 0.717) is 31.5 Å². The van der Waals surface area contributed by atoms with E-state index in [1.165, 1.54) is 40.1 Å². The van der Waals surface area contributed by atoms with Crippen molar-refractivity contribution in [3.05, 3.63) is 73.2 Å². The van der Waals surface area contributed by atoms with Crippen molar-refractivity contribution in [1.29, 1.82) is 0 Å². The summed E-state index contributed by atoms with van der Waals surface area (Å²) in [6.45, 7) is 0.121. The van der Waals surface area contributed by atoms with Crippen LogP contribution in [0, 0.1) is 10.1 Å². The first-order chi connectivity index (χ1) is 14.4. The quantitative estimate of drug-likeness (QED) is 0.355. The van der Waals surface area contributed by atoms with Crippen LogP contribution in [0.4, 0.5) is 10.8 Å². The number of aromatic nitrogens is 2. The van der Waals surface area contributed by atoms with Crippen molar-refractivity contribution < 1.29 is 14.5 Å². The SMILES string of the molecule is O=C1CSC(c2cccc([N+](=O)[O-])c2)N1c1nnc(COc2ccc(Cl)cc2Cl)s1. The Morgan fingerprint density at radius 1 is 1.23 bits per heavy atom.